The minimum Gasteiger partial charge on any atom is -0.480 e. The molecule has 0 aliphatic heterocycles. The normalized spacial score (nSPS) is 24.2. The first kappa shape index (κ1) is 19.5. The fourth-order valence-corrected chi connectivity index (χ4v) is 3.82. The van der Waals surface area contributed by atoms with Crippen LogP contribution >= 0.6 is 0 Å². The van der Waals surface area contributed by atoms with E-state index in [0.29, 0.717) is 18.8 Å². The molecule has 8 nitrogen and oxygen atoms in total. The summed E-state index contributed by atoms with van der Waals surface area (Å²) in [7, 11) is -1.09. The number of carboxylic acids is 1. The molecule has 1 heterocycles. The quantitative estimate of drug-likeness (QED) is 0.785. The van der Waals surface area contributed by atoms with Crippen LogP contribution in [0, 0.1) is 5.92 Å². The van der Waals surface area contributed by atoms with Gasteiger partial charge < -0.3 is 14.8 Å². The van der Waals surface area contributed by atoms with Gasteiger partial charge in [0, 0.05) is 20.2 Å². The van der Waals surface area contributed by atoms with Crippen molar-refractivity contribution >= 4 is 21.9 Å². The van der Waals surface area contributed by atoms with Crippen molar-refractivity contribution < 1.29 is 27.5 Å². The van der Waals surface area contributed by atoms with Crippen LogP contribution in [0.25, 0.3) is 0 Å². The van der Waals surface area contributed by atoms with Gasteiger partial charge in [-0.2, -0.15) is 0 Å². The number of hydrogen-bond donors (Lipinski definition) is 2. The van der Waals surface area contributed by atoms with E-state index in [-0.39, 0.29) is 10.7 Å². The SMILES string of the molecule is CCC1CCC(NC(=O)c2coc(S(=O)(=O)N(C)C)c2)(C(=O)O)CC1. The summed E-state index contributed by atoms with van der Waals surface area (Å²) in [5.74, 6) is -1.25. The summed E-state index contributed by atoms with van der Waals surface area (Å²) in [6, 6.07) is 1.11. The number of aliphatic carboxylic acids is 1. The lowest BCUT2D eigenvalue weighted by Gasteiger charge is -2.37. The fraction of sp³-hybridized carbons (Fsp3) is 0.625. The van der Waals surface area contributed by atoms with Crippen molar-refractivity contribution in [3.05, 3.63) is 17.9 Å². The standard InChI is InChI=1S/C16H24N2O6S/c1-4-11-5-7-16(8-6-11,15(20)21)17-14(19)12-9-13(24-10-12)25(22,23)18(2)3/h9-11H,4-8H2,1-3H3,(H,17,19)(H,20,21). The number of sulfonamides is 1. The summed E-state index contributed by atoms with van der Waals surface area (Å²) in [4.78, 5) is 24.2. The van der Waals surface area contributed by atoms with E-state index in [2.05, 4.69) is 12.2 Å². The highest BCUT2D eigenvalue weighted by Gasteiger charge is 2.43. The van der Waals surface area contributed by atoms with Gasteiger partial charge in [-0.15, -0.1) is 0 Å². The van der Waals surface area contributed by atoms with Gasteiger partial charge in [0.05, 0.1) is 5.56 Å². The molecule has 2 N–H and O–H groups in total. The third kappa shape index (κ3) is 3.87. The van der Waals surface area contributed by atoms with Crippen molar-refractivity contribution in [1.82, 2.24) is 9.62 Å². The zero-order valence-electron chi connectivity index (χ0n) is 14.6. The maximum Gasteiger partial charge on any atom is 0.329 e. The van der Waals surface area contributed by atoms with Crippen molar-refractivity contribution in [1.29, 1.82) is 0 Å². The Morgan fingerprint density at radius 2 is 1.96 bits per heavy atom. The monoisotopic (exact) mass is 372 g/mol. The van der Waals surface area contributed by atoms with E-state index >= 15 is 0 Å². The molecule has 0 bridgehead atoms. The van der Waals surface area contributed by atoms with Gasteiger partial charge in [0.1, 0.15) is 11.8 Å². The molecule has 1 aromatic rings. The van der Waals surface area contributed by atoms with E-state index < -0.39 is 27.4 Å². The topological polar surface area (TPSA) is 117 Å². The third-order valence-electron chi connectivity index (χ3n) is 4.87. The summed E-state index contributed by atoms with van der Waals surface area (Å²) >= 11 is 0. The second-order valence-corrected chi connectivity index (χ2v) is 8.72. The molecular formula is C16H24N2O6S. The zero-order chi connectivity index (χ0) is 18.8. The molecule has 0 atom stereocenters. The molecule has 1 fully saturated rings. The fourth-order valence-electron chi connectivity index (χ4n) is 3.01. The van der Waals surface area contributed by atoms with Crippen molar-refractivity contribution in [2.75, 3.05) is 14.1 Å². The Labute approximate surface area is 147 Å². The number of nitrogens with one attached hydrogen (secondary N) is 1. The zero-order valence-corrected chi connectivity index (χ0v) is 15.4. The number of amides is 1. The number of nitrogens with zero attached hydrogens (tertiary/aromatic N) is 1. The Morgan fingerprint density at radius 1 is 1.36 bits per heavy atom. The summed E-state index contributed by atoms with van der Waals surface area (Å²) in [6.07, 6.45) is 4.18. The van der Waals surface area contributed by atoms with Crippen LogP contribution in [0.15, 0.2) is 21.8 Å². The van der Waals surface area contributed by atoms with Crippen LogP contribution in [-0.2, 0) is 14.8 Å². The largest absolute Gasteiger partial charge is 0.480 e. The molecule has 25 heavy (non-hydrogen) atoms. The second-order valence-electron chi connectivity index (χ2n) is 6.63. The number of rotatable bonds is 6. The first-order chi connectivity index (χ1) is 11.6. The first-order valence-electron chi connectivity index (χ1n) is 8.19. The van der Waals surface area contributed by atoms with Crippen molar-refractivity contribution in [3.8, 4) is 0 Å². The number of furan rings is 1. The molecule has 2 rings (SSSR count). The number of carbonyl (C=O) groups excluding carboxylic acids is 1. The third-order valence-corrected chi connectivity index (χ3v) is 6.55. The Morgan fingerprint density at radius 3 is 2.44 bits per heavy atom. The average Bonchev–Trinajstić information content (AvgIpc) is 3.06. The molecule has 0 spiro atoms. The number of carboxylic acid groups (broad SMARTS) is 1. The summed E-state index contributed by atoms with van der Waals surface area (Å²) in [6.45, 7) is 2.06. The van der Waals surface area contributed by atoms with E-state index in [9.17, 15) is 23.1 Å². The van der Waals surface area contributed by atoms with Crippen molar-refractivity contribution in [2.24, 2.45) is 5.92 Å². The Bertz CT molecular complexity index is 744. The van der Waals surface area contributed by atoms with E-state index in [4.69, 9.17) is 4.42 Å². The van der Waals surface area contributed by atoms with E-state index in [0.717, 1.165) is 35.9 Å². The van der Waals surface area contributed by atoms with Crippen LogP contribution in [0.4, 0.5) is 0 Å². The van der Waals surface area contributed by atoms with E-state index in [1.54, 1.807) is 0 Å². The lowest BCUT2D eigenvalue weighted by atomic mass is 9.75. The lowest BCUT2D eigenvalue weighted by molar-refractivity contribution is -0.146. The molecule has 0 aromatic carbocycles. The highest BCUT2D eigenvalue weighted by molar-refractivity contribution is 7.88. The van der Waals surface area contributed by atoms with Crippen molar-refractivity contribution in [3.63, 3.8) is 0 Å². The Kier molecular flexibility index (Phi) is 5.58. The molecule has 1 amide bonds. The summed E-state index contributed by atoms with van der Waals surface area (Å²) in [5, 5.41) is 11.8. The summed E-state index contributed by atoms with van der Waals surface area (Å²) < 4.78 is 30.0. The van der Waals surface area contributed by atoms with Gasteiger partial charge >= 0.3 is 5.97 Å². The minimum absolute atomic E-state index is 0.0151. The average molecular weight is 372 g/mol. The smallest absolute Gasteiger partial charge is 0.329 e. The molecule has 1 aliphatic rings. The predicted molar refractivity (Wildman–Crippen MR) is 89.7 cm³/mol. The predicted octanol–water partition coefficient (Wildman–Crippen LogP) is 1.68. The van der Waals surface area contributed by atoms with Crippen molar-refractivity contribution in [2.45, 2.75) is 49.7 Å². The van der Waals surface area contributed by atoms with Gasteiger partial charge in [0.25, 0.3) is 15.9 Å². The van der Waals surface area contributed by atoms with E-state index in [1.807, 2.05) is 0 Å². The molecule has 0 radical (unpaired) electrons. The molecule has 0 unspecified atom stereocenters. The maximum atomic E-state index is 12.4. The molecule has 1 aliphatic carbocycles. The van der Waals surface area contributed by atoms with Crippen LogP contribution in [-0.4, -0.2) is 49.3 Å². The van der Waals surface area contributed by atoms with Crippen LogP contribution < -0.4 is 5.32 Å². The van der Waals surface area contributed by atoms with Gasteiger partial charge in [-0.25, -0.2) is 17.5 Å². The lowest BCUT2D eigenvalue weighted by Crippen LogP contribution is -2.56. The van der Waals surface area contributed by atoms with Gasteiger partial charge in [-0.1, -0.05) is 13.3 Å². The molecule has 0 saturated heterocycles. The molecular weight excluding hydrogens is 348 g/mol. The summed E-state index contributed by atoms with van der Waals surface area (Å²) in [5.41, 5.74) is -1.33. The first-order valence-corrected chi connectivity index (χ1v) is 9.63. The number of carbonyl (C=O) groups is 2. The molecule has 140 valence electrons. The van der Waals surface area contributed by atoms with E-state index in [1.165, 1.54) is 14.1 Å². The molecule has 1 aromatic heterocycles. The van der Waals surface area contributed by atoms with Gasteiger partial charge in [0.2, 0.25) is 5.09 Å². The van der Waals surface area contributed by atoms with Crippen LogP contribution in [0.3, 0.4) is 0 Å². The minimum atomic E-state index is -3.79. The number of hydrogen-bond acceptors (Lipinski definition) is 5. The Hall–Kier alpha value is -1.87. The van der Waals surface area contributed by atoms with Gasteiger partial charge in [0.15, 0.2) is 0 Å². The maximum absolute atomic E-state index is 12.4. The molecule has 9 heteroatoms. The Balaban J connectivity index is 2.18. The van der Waals surface area contributed by atoms with Crippen LogP contribution in [0.2, 0.25) is 0 Å². The van der Waals surface area contributed by atoms with Crippen LogP contribution in [0.1, 0.15) is 49.4 Å². The van der Waals surface area contributed by atoms with Gasteiger partial charge in [-0.3, -0.25) is 4.79 Å². The highest BCUT2D eigenvalue weighted by atomic mass is 32.2. The van der Waals surface area contributed by atoms with Crippen LogP contribution in [0.5, 0.6) is 0 Å². The highest BCUT2D eigenvalue weighted by Crippen LogP contribution is 2.34. The molecule has 1 saturated carbocycles. The second kappa shape index (κ2) is 7.17. The van der Waals surface area contributed by atoms with Gasteiger partial charge in [-0.05, 0) is 31.6 Å².